The van der Waals surface area contributed by atoms with Gasteiger partial charge >= 0.3 is 0 Å². The third-order valence-electron chi connectivity index (χ3n) is 5.57. The van der Waals surface area contributed by atoms with Crippen molar-refractivity contribution in [2.75, 3.05) is 7.05 Å². The predicted octanol–water partition coefficient (Wildman–Crippen LogP) is 4.92. The number of nitrogens with zero attached hydrogens (tertiary/aromatic N) is 2. The molecule has 0 bridgehead atoms. The molecule has 1 heterocycles. The molecule has 0 aromatic heterocycles. The number of rotatable bonds is 4. The molecule has 1 atom stereocenters. The third-order valence-corrected chi connectivity index (χ3v) is 5.57. The number of aliphatic imine (C=N–C) groups is 1. The van der Waals surface area contributed by atoms with Gasteiger partial charge in [-0.05, 0) is 40.8 Å². The van der Waals surface area contributed by atoms with E-state index in [1.54, 1.807) is 7.05 Å². The second kappa shape index (κ2) is 7.99. The van der Waals surface area contributed by atoms with Crippen LogP contribution in [0.2, 0.25) is 0 Å². The molecule has 3 aromatic carbocycles. The van der Waals surface area contributed by atoms with Crippen molar-refractivity contribution in [3.05, 3.63) is 95.6 Å². The topological polar surface area (TPSA) is 58.7 Å². The summed E-state index contributed by atoms with van der Waals surface area (Å²) in [6.07, 6.45) is 4.47. The van der Waals surface area contributed by atoms with E-state index in [1.807, 2.05) is 43.3 Å². The standard InChI is InChI=1S/C26H25N3O/c1-26(18-24(30)29(2)25(27)28-26)23-10-6-7-20(17-23)12-11-19-13-15-22(16-14-19)21-8-4-3-5-9-21/h3-17H,18H2,1-2H3,(H2,27,28). The summed E-state index contributed by atoms with van der Waals surface area (Å²) in [6.45, 7) is 1.95. The lowest BCUT2D eigenvalue weighted by atomic mass is 9.86. The van der Waals surface area contributed by atoms with E-state index in [0.29, 0.717) is 6.42 Å². The Balaban J connectivity index is 1.55. The average Bonchev–Trinajstić information content (AvgIpc) is 2.77. The normalized spacial score (nSPS) is 19.2. The zero-order valence-electron chi connectivity index (χ0n) is 17.2. The van der Waals surface area contributed by atoms with Crippen LogP contribution in [-0.4, -0.2) is 23.8 Å². The number of nitrogens with two attached hydrogens (primary N) is 1. The van der Waals surface area contributed by atoms with Gasteiger partial charge in [0.05, 0.1) is 12.0 Å². The van der Waals surface area contributed by atoms with Gasteiger partial charge in [0.25, 0.3) is 0 Å². The molecule has 4 nitrogen and oxygen atoms in total. The largest absolute Gasteiger partial charge is 0.369 e. The second-order valence-corrected chi connectivity index (χ2v) is 7.82. The van der Waals surface area contributed by atoms with Gasteiger partial charge in [0.1, 0.15) is 0 Å². The molecular weight excluding hydrogens is 370 g/mol. The Morgan fingerprint density at radius 1 is 0.900 bits per heavy atom. The number of carbonyl (C=O) groups excluding carboxylic acids is 1. The summed E-state index contributed by atoms with van der Waals surface area (Å²) < 4.78 is 0. The lowest BCUT2D eigenvalue weighted by molar-refractivity contribution is -0.128. The molecule has 0 spiro atoms. The Labute approximate surface area is 177 Å². The van der Waals surface area contributed by atoms with Gasteiger partial charge in [-0.1, -0.05) is 84.9 Å². The first-order chi connectivity index (χ1) is 14.4. The van der Waals surface area contributed by atoms with Gasteiger partial charge in [-0.25, -0.2) is 4.99 Å². The van der Waals surface area contributed by atoms with E-state index in [-0.39, 0.29) is 11.9 Å². The Hall–Kier alpha value is -3.66. The van der Waals surface area contributed by atoms with Gasteiger partial charge in [-0.2, -0.15) is 0 Å². The van der Waals surface area contributed by atoms with Crippen LogP contribution in [0, 0.1) is 0 Å². The molecule has 1 unspecified atom stereocenters. The zero-order valence-corrected chi connectivity index (χ0v) is 17.2. The molecule has 0 radical (unpaired) electrons. The van der Waals surface area contributed by atoms with Crippen LogP contribution >= 0.6 is 0 Å². The number of hydrogen-bond donors (Lipinski definition) is 1. The summed E-state index contributed by atoms with van der Waals surface area (Å²) in [6, 6.07) is 27.0. The van der Waals surface area contributed by atoms with E-state index < -0.39 is 5.54 Å². The number of carbonyl (C=O) groups is 1. The fourth-order valence-corrected chi connectivity index (χ4v) is 3.66. The Morgan fingerprint density at radius 2 is 1.57 bits per heavy atom. The van der Waals surface area contributed by atoms with Crippen LogP contribution in [0.1, 0.15) is 30.0 Å². The van der Waals surface area contributed by atoms with Crippen LogP contribution in [-0.2, 0) is 10.3 Å². The monoisotopic (exact) mass is 395 g/mol. The van der Waals surface area contributed by atoms with Crippen molar-refractivity contribution in [3.63, 3.8) is 0 Å². The highest BCUT2D eigenvalue weighted by molar-refractivity contribution is 5.98. The van der Waals surface area contributed by atoms with Crippen molar-refractivity contribution >= 4 is 24.0 Å². The summed E-state index contributed by atoms with van der Waals surface area (Å²) in [5.41, 5.74) is 10.9. The SMILES string of the molecule is CN1C(=O)CC(C)(c2cccc(C=Cc3ccc(-c4ccccc4)cc3)c2)N=C1N. The van der Waals surface area contributed by atoms with Crippen molar-refractivity contribution in [2.45, 2.75) is 18.9 Å². The molecule has 0 fully saturated rings. The molecule has 0 saturated carbocycles. The molecule has 4 rings (SSSR count). The Bertz CT molecular complexity index is 1120. The van der Waals surface area contributed by atoms with Gasteiger partial charge < -0.3 is 5.73 Å². The van der Waals surface area contributed by atoms with Gasteiger partial charge in [-0.15, -0.1) is 0 Å². The fraction of sp³-hybridized carbons (Fsp3) is 0.154. The molecule has 30 heavy (non-hydrogen) atoms. The summed E-state index contributed by atoms with van der Waals surface area (Å²) >= 11 is 0. The first kappa shape index (κ1) is 19.6. The zero-order chi connectivity index (χ0) is 21.1. The Kier molecular flexibility index (Phi) is 5.23. The van der Waals surface area contributed by atoms with Crippen molar-refractivity contribution in [3.8, 4) is 11.1 Å². The molecular formula is C26H25N3O. The number of amides is 1. The Morgan fingerprint density at radius 3 is 2.27 bits per heavy atom. The highest BCUT2D eigenvalue weighted by atomic mass is 16.2. The van der Waals surface area contributed by atoms with Crippen molar-refractivity contribution in [1.29, 1.82) is 0 Å². The second-order valence-electron chi connectivity index (χ2n) is 7.82. The first-order valence-corrected chi connectivity index (χ1v) is 10.0. The minimum Gasteiger partial charge on any atom is -0.369 e. The quantitative estimate of drug-likeness (QED) is 0.638. The molecule has 1 aliphatic rings. The maximum absolute atomic E-state index is 12.3. The minimum atomic E-state index is -0.644. The molecule has 4 heteroatoms. The highest BCUT2D eigenvalue weighted by Crippen LogP contribution is 2.33. The van der Waals surface area contributed by atoms with Gasteiger partial charge in [0.2, 0.25) is 5.91 Å². The smallest absolute Gasteiger partial charge is 0.231 e. The van der Waals surface area contributed by atoms with Gasteiger partial charge in [0.15, 0.2) is 5.96 Å². The van der Waals surface area contributed by atoms with Crippen LogP contribution < -0.4 is 5.73 Å². The molecule has 1 amide bonds. The van der Waals surface area contributed by atoms with E-state index in [0.717, 1.165) is 16.7 Å². The van der Waals surface area contributed by atoms with E-state index in [4.69, 9.17) is 5.73 Å². The number of benzene rings is 3. The van der Waals surface area contributed by atoms with Crippen LogP contribution in [0.4, 0.5) is 0 Å². The van der Waals surface area contributed by atoms with Crippen LogP contribution in [0.15, 0.2) is 83.9 Å². The summed E-state index contributed by atoms with van der Waals surface area (Å²) in [4.78, 5) is 18.3. The first-order valence-electron chi connectivity index (χ1n) is 10.0. The lowest BCUT2D eigenvalue weighted by Crippen LogP contribution is -2.47. The van der Waals surface area contributed by atoms with Crippen LogP contribution in [0.5, 0.6) is 0 Å². The third kappa shape index (κ3) is 4.03. The maximum Gasteiger partial charge on any atom is 0.231 e. The van der Waals surface area contributed by atoms with Crippen molar-refractivity contribution in [2.24, 2.45) is 10.7 Å². The number of hydrogen-bond acceptors (Lipinski definition) is 3. The molecule has 2 N–H and O–H groups in total. The number of guanidine groups is 1. The van der Waals surface area contributed by atoms with Gasteiger partial charge in [-0.3, -0.25) is 9.69 Å². The summed E-state index contributed by atoms with van der Waals surface area (Å²) in [7, 11) is 1.66. The van der Waals surface area contributed by atoms with Crippen molar-refractivity contribution < 1.29 is 4.79 Å². The maximum atomic E-state index is 12.3. The summed E-state index contributed by atoms with van der Waals surface area (Å²) in [5, 5.41) is 0. The van der Waals surface area contributed by atoms with Crippen molar-refractivity contribution in [1.82, 2.24) is 4.90 Å². The predicted molar refractivity (Wildman–Crippen MR) is 124 cm³/mol. The minimum absolute atomic E-state index is 0.0237. The van der Waals surface area contributed by atoms with Crippen LogP contribution in [0.3, 0.4) is 0 Å². The average molecular weight is 396 g/mol. The molecule has 1 aliphatic heterocycles. The molecule has 3 aromatic rings. The van der Waals surface area contributed by atoms with Crippen LogP contribution in [0.25, 0.3) is 23.3 Å². The highest BCUT2D eigenvalue weighted by Gasteiger charge is 2.36. The van der Waals surface area contributed by atoms with E-state index in [2.05, 4.69) is 59.6 Å². The van der Waals surface area contributed by atoms with Gasteiger partial charge in [0, 0.05) is 7.05 Å². The fourth-order valence-electron chi connectivity index (χ4n) is 3.66. The van der Waals surface area contributed by atoms with E-state index >= 15 is 0 Å². The van der Waals surface area contributed by atoms with E-state index in [9.17, 15) is 4.79 Å². The van der Waals surface area contributed by atoms with E-state index in [1.165, 1.54) is 16.0 Å². The molecule has 0 saturated heterocycles. The molecule has 0 aliphatic carbocycles. The molecule has 150 valence electrons. The summed E-state index contributed by atoms with van der Waals surface area (Å²) in [5.74, 6) is 0.234. The lowest BCUT2D eigenvalue weighted by Gasteiger charge is -2.33.